The molecule has 0 aliphatic carbocycles. The molecule has 5 heteroatoms. The van der Waals surface area contributed by atoms with Crippen LogP contribution in [0.2, 0.25) is 0 Å². The molecule has 2 atom stereocenters. The Morgan fingerprint density at radius 1 is 1.57 bits per heavy atom. The molecule has 3 N–H and O–H groups in total. The van der Waals surface area contributed by atoms with Gasteiger partial charge in [-0.15, -0.1) is 0 Å². The number of aromatic nitrogens is 1. The number of aromatic amines is 1. The molecular weight excluding hydrogens is 184 g/mol. The van der Waals surface area contributed by atoms with Crippen LogP contribution < -0.4 is 5.56 Å². The summed E-state index contributed by atoms with van der Waals surface area (Å²) >= 11 is 0. The molecule has 0 saturated heterocycles. The molecule has 0 aliphatic heterocycles. The normalized spacial score (nSPS) is 14.4. The molecule has 0 saturated carbocycles. The van der Waals surface area contributed by atoms with Gasteiger partial charge in [-0.25, -0.2) is 0 Å². The third kappa shape index (κ3) is 2.42. The number of rotatable bonds is 3. The van der Waals surface area contributed by atoms with Crippen LogP contribution in [0, 0.1) is 11.3 Å². The highest BCUT2D eigenvalue weighted by molar-refractivity contribution is 5.14. The summed E-state index contributed by atoms with van der Waals surface area (Å²) in [6, 6.07) is 4.40. The van der Waals surface area contributed by atoms with Gasteiger partial charge in [-0.05, 0) is 11.6 Å². The third-order valence-electron chi connectivity index (χ3n) is 1.81. The van der Waals surface area contributed by atoms with E-state index in [0.29, 0.717) is 5.56 Å². The molecule has 0 radical (unpaired) electrons. The number of H-pyrrole nitrogens is 1. The fraction of sp³-hybridized carbons (Fsp3) is 0.333. The van der Waals surface area contributed by atoms with E-state index in [-0.39, 0.29) is 12.0 Å². The standard InChI is InChI=1S/C9H10N2O3/c10-3-1-7(12)9(14)6-2-4-11-8(13)5-6/h2,4-5,7,9,12,14H,1H2,(H,11,13). The molecule has 1 rings (SSSR count). The number of aliphatic hydroxyl groups excluding tert-OH is 2. The van der Waals surface area contributed by atoms with Crippen LogP contribution in [0.4, 0.5) is 0 Å². The van der Waals surface area contributed by atoms with Crippen molar-refractivity contribution >= 4 is 0 Å². The number of aliphatic hydroxyl groups is 2. The second-order valence-electron chi connectivity index (χ2n) is 2.86. The average Bonchev–Trinajstić information content (AvgIpc) is 2.17. The number of hydrogen-bond acceptors (Lipinski definition) is 4. The van der Waals surface area contributed by atoms with Crippen molar-refractivity contribution in [3.8, 4) is 6.07 Å². The average molecular weight is 194 g/mol. The van der Waals surface area contributed by atoms with Crippen LogP contribution in [-0.4, -0.2) is 21.3 Å². The zero-order valence-corrected chi connectivity index (χ0v) is 7.34. The Balaban J connectivity index is 2.84. The molecule has 1 aromatic heterocycles. The lowest BCUT2D eigenvalue weighted by molar-refractivity contribution is 0.0215. The van der Waals surface area contributed by atoms with Gasteiger partial charge in [0.2, 0.25) is 5.56 Å². The van der Waals surface area contributed by atoms with Gasteiger partial charge in [0.05, 0.1) is 18.6 Å². The molecule has 1 aromatic rings. The molecule has 1 heterocycles. The SMILES string of the molecule is N#CCC(O)C(O)c1cc[nH]c(=O)c1. The van der Waals surface area contributed by atoms with E-state index in [4.69, 9.17) is 5.26 Å². The third-order valence-corrected chi connectivity index (χ3v) is 1.81. The smallest absolute Gasteiger partial charge is 0.248 e. The van der Waals surface area contributed by atoms with Crippen molar-refractivity contribution in [1.82, 2.24) is 4.98 Å². The molecular formula is C9H10N2O3. The first-order valence-electron chi connectivity index (χ1n) is 4.07. The molecule has 5 nitrogen and oxygen atoms in total. The maximum Gasteiger partial charge on any atom is 0.248 e. The fourth-order valence-electron chi connectivity index (χ4n) is 1.07. The first-order chi connectivity index (χ1) is 6.65. The maximum atomic E-state index is 10.9. The van der Waals surface area contributed by atoms with E-state index in [0.717, 1.165) is 0 Å². The monoisotopic (exact) mass is 194 g/mol. The Morgan fingerprint density at radius 2 is 2.29 bits per heavy atom. The molecule has 0 aromatic carbocycles. The molecule has 0 amide bonds. The van der Waals surface area contributed by atoms with Gasteiger partial charge in [0.15, 0.2) is 0 Å². The summed E-state index contributed by atoms with van der Waals surface area (Å²) in [6.45, 7) is 0. The van der Waals surface area contributed by atoms with Gasteiger partial charge >= 0.3 is 0 Å². The number of pyridine rings is 1. The number of nitrogens with zero attached hydrogens (tertiary/aromatic N) is 1. The van der Waals surface area contributed by atoms with E-state index >= 15 is 0 Å². The van der Waals surface area contributed by atoms with E-state index in [1.54, 1.807) is 6.07 Å². The summed E-state index contributed by atoms with van der Waals surface area (Å²) in [5.74, 6) is 0. The number of nitrogens with one attached hydrogen (secondary N) is 1. The van der Waals surface area contributed by atoms with Crippen molar-refractivity contribution in [2.24, 2.45) is 0 Å². The fourth-order valence-corrected chi connectivity index (χ4v) is 1.07. The van der Waals surface area contributed by atoms with Gasteiger partial charge in [-0.2, -0.15) is 5.26 Å². The van der Waals surface area contributed by atoms with Crippen molar-refractivity contribution in [3.05, 3.63) is 34.2 Å². The summed E-state index contributed by atoms with van der Waals surface area (Å²) in [5.41, 5.74) is -0.0535. The Labute approximate surface area is 80.3 Å². The van der Waals surface area contributed by atoms with Gasteiger partial charge in [-0.1, -0.05) is 0 Å². The summed E-state index contributed by atoms with van der Waals surface area (Å²) in [7, 11) is 0. The molecule has 2 unspecified atom stereocenters. The van der Waals surface area contributed by atoms with Gasteiger partial charge in [0, 0.05) is 12.3 Å². The Hall–Kier alpha value is -1.64. The lowest BCUT2D eigenvalue weighted by Crippen LogP contribution is -2.19. The first kappa shape index (κ1) is 10.4. The van der Waals surface area contributed by atoms with Crippen LogP contribution >= 0.6 is 0 Å². The predicted octanol–water partition coefficient (Wildman–Crippen LogP) is -0.317. The topological polar surface area (TPSA) is 97.1 Å². The van der Waals surface area contributed by atoms with Gasteiger partial charge in [-0.3, -0.25) is 4.79 Å². The van der Waals surface area contributed by atoms with Gasteiger partial charge < -0.3 is 15.2 Å². The molecule has 0 aliphatic rings. The second-order valence-corrected chi connectivity index (χ2v) is 2.86. The predicted molar refractivity (Wildman–Crippen MR) is 48.3 cm³/mol. The van der Waals surface area contributed by atoms with Crippen LogP contribution in [-0.2, 0) is 0 Å². The van der Waals surface area contributed by atoms with Crippen LogP contribution in [0.25, 0.3) is 0 Å². The molecule has 74 valence electrons. The van der Waals surface area contributed by atoms with Crippen LogP contribution in [0.5, 0.6) is 0 Å². The molecule has 14 heavy (non-hydrogen) atoms. The zero-order chi connectivity index (χ0) is 10.6. The quantitative estimate of drug-likeness (QED) is 0.614. The van der Waals surface area contributed by atoms with Crippen molar-refractivity contribution in [3.63, 3.8) is 0 Å². The highest BCUT2D eigenvalue weighted by atomic mass is 16.3. The van der Waals surface area contributed by atoms with Crippen molar-refractivity contribution in [2.45, 2.75) is 18.6 Å². The van der Waals surface area contributed by atoms with Crippen molar-refractivity contribution < 1.29 is 10.2 Å². The minimum atomic E-state index is -1.20. The highest BCUT2D eigenvalue weighted by Gasteiger charge is 2.17. The van der Waals surface area contributed by atoms with Crippen LogP contribution in [0.15, 0.2) is 23.1 Å². The van der Waals surface area contributed by atoms with E-state index in [9.17, 15) is 15.0 Å². The number of nitriles is 1. The zero-order valence-electron chi connectivity index (χ0n) is 7.34. The lowest BCUT2D eigenvalue weighted by atomic mass is 10.0. The maximum absolute atomic E-state index is 10.9. The van der Waals surface area contributed by atoms with Gasteiger partial charge in [0.1, 0.15) is 6.10 Å². The number of hydrogen-bond donors (Lipinski definition) is 3. The minimum absolute atomic E-state index is 0.173. The van der Waals surface area contributed by atoms with E-state index < -0.39 is 12.2 Å². The summed E-state index contributed by atoms with van der Waals surface area (Å²) in [5, 5.41) is 27.1. The Kier molecular flexibility index (Phi) is 3.40. The molecule has 0 bridgehead atoms. The summed E-state index contributed by atoms with van der Waals surface area (Å²) < 4.78 is 0. The van der Waals surface area contributed by atoms with Crippen molar-refractivity contribution in [1.29, 1.82) is 5.26 Å². The van der Waals surface area contributed by atoms with E-state index in [1.807, 2.05) is 0 Å². The minimum Gasteiger partial charge on any atom is -0.389 e. The lowest BCUT2D eigenvalue weighted by Gasteiger charge is -2.14. The van der Waals surface area contributed by atoms with Crippen LogP contribution in [0.1, 0.15) is 18.1 Å². The van der Waals surface area contributed by atoms with E-state index in [2.05, 4.69) is 4.98 Å². The molecule has 0 spiro atoms. The second kappa shape index (κ2) is 4.56. The first-order valence-corrected chi connectivity index (χ1v) is 4.07. The Morgan fingerprint density at radius 3 is 2.86 bits per heavy atom. The largest absolute Gasteiger partial charge is 0.389 e. The highest BCUT2D eigenvalue weighted by Crippen LogP contribution is 2.16. The molecule has 0 fully saturated rings. The van der Waals surface area contributed by atoms with Gasteiger partial charge in [0.25, 0.3) is 0 Å². The van der Waals surface area contributed by atoms with Crippen molar-refractivity contribution in [2.75, 3.05) is 0 Å². The van der Waals surface area contributed by atoms with Crippen LogP contribution in [0.3, 0.4) is 0 Å². The van der Waals surface area contributed by atoms with E-state index in [1.165, 1.54) is 18.3 Å². The summed E-state index contributed by atoms with van der Waals surface area (Å²) in [4.78, 5) is 13.2. The Bertz CT molecular complexity index is 394. The summed E-state index contributed by atoms with van der Waals surface area (Å²) in [6.07, 6.45) is -1.16.